The Kier molecular flexibility index (Phi) is 5.89. The summed E-state index contributed by atoms with van der Waals surface area (Å²) >= 11 is 0. The van der Waals surface area contributed by atoms with Crippen molar-refractivity contribution in [2.24, 2.45) is 0 Å². The number of hydrogen-bond acceptors (Lipinski definition) is 4. The Balaban J connectivity index is 2.10. The molecule has 0 saturated carbocycles. The summed E-state index contributed by atoms with van der Waals surface area (Å²) in [7, 11) is 0.230. The van der Waals surface area contributed by atoms with E-state index < -0.39 is 7.12 Å². The van der Waals surface area contributed by atoms with Gasteiger partial charge < -0.3 is 14.8 Å². The fourth-order valence-corrected chi connectivity index (χ4v) is 2.79. The Morgan fingerprint density at radius 3 is 2.35 bits per heavy atom. The number of benzene rings is 1. The summed E-state index contributed by atoms with van der Waals surface area (Å²) in [5.41, 5.74) is 1.55. The van der Waals surface area contributed by atoms with Crippen LogP contribution in [0.15, 0.2) is 18.2 Å². The zero-order chi connectivity index (χ0) is 14.4. The van der Waals surface area contributed by atoms with Gasteiger partial charge in [-0.25, -0.2) is 0 Å². The molecule has 20 heavy (non-hydrogen) atoms. The van der Waals surface area contributed by atoms with Crippen LogP contribution in [0, 0.1) is 0 Å². The van der Waals surface area contributed by atoms with Crippen molar-refractivity contribution >= 4 is 12.6 Å². The minimum absolute atomic E-state index is 0.521. The van der Waals surface area contributed by atoms with Gasteiger partial charge in [-0.2, -0.15) is 0 Å². The Morgan fingerprint density at radius 1 is 1.10 bits per heavy atom. The first kappa shape index (κ1) is 15.4. The van der Waals surface area contributed by atoms with Crippen LogP contribution in [0.4, 0.5) is 0 Å². The summed E-state index contributed by atoms with van der Waals surface area (Å²) in [5.74, 6) is 0.816. The first-order valence-electron chi connectivity index (χ1n) is 7.46. The van der Waals surface area contributed by atoms with E-state index in [-0.39, 0.29) is 0 Å². The van der Waals surface area contributed by atoms with E-state index in [1.807, 2.05) is 12.1 Å². The van der Waals surface area contributed by atoms with Crippen molar-refractivity contribution in [1.29, 1.82) is 0 Å². The van der Waals surface area contributed by atoms with Gasteiger partial charge in [0.25, 0.3) is 0 Å². The van der Waals surface area contributed by atoms with E-state index in [1.165, 1.54) is 32.1 Å². The van der Waals surface area contributed by atoms with E-state index in [1.54, 1.807) is 13.2 Å². The van der Waals surface area contributed by atoms with E-state index in [2.05, 4.69) is 4.90 Å². The Hall–Kier alpha value is -1.04. The molecule has 1 aliphatic rings. The van der Waals surface area contributed by atoms with Crippen molar-refractivity contribution in [3.63, 3.8) is 0 Å². The largest absolute Gasteiger partial charge is 0.496 e. The smallest absolute Gasteiger partial charge is 0.488 e. The van der Waals surface area contributed by atoms with Gasteiger partial charge in [0.2, 0.25) is 0 Å². The third-order valence-electron chi connectivity index (χ3n) is 3.95. The standard InChI is InChI=1S/C15H24BNO3/c1-20-15-8-7-14(16(18)19)11-13(15)12-17-9-5-3-2-4-6-10-17/h7-8,11,18-19H,2-6,9-10,12H2,1H3. The molecule has 0 radical (unpaired) electrons. The molecule has 1 fully saturated rings. The molecule has 1 aromatic carbocycles. The first-order chi connectivity index (χ1) is 9.70. The first-order valence-corrected chi connectivity index (χ1v) is 7.46. The zero-order valence-corrected chi connectivity index (χ0v) is 12.2. The quantitative estimate of drug-likeness (QED) is 0.810. The lowest BCUT2D eigenvalue weighted by atomic mass is 9.79. The van der Waals surface area contributed by atoms with Crippen LogP contribution in [0.2, 0.25) is 0 Å². The van der Waals surface area contributed by atoms with Gasteiger partial charge in [-0.15, -0.1) is 0 Å². The number of ether oxygens (including phenoxy) is 1. The van der Waals surface area contributed by atoms with E-state index in [9.17, 15) is 10.0 Å². The predicted molar refractivity (Wildman–Crippen MR) is 81.2 cm³/mol. The van der Waals surface area contributed by atoms with Crippen LogP contribution >= 0.6 is 0 Å². The van der Waals surface area contributed by atoms with Gasteiger partial charge in [0.1, 0.15) is 5.75 Å². The maximum Gasteiger partial charge on any atom is 0.488 e. The maximum absolute atomic E-state index is 9.30. The molecule has 1 aliphatic heterocycles. The molecule has 0 spiro atoms. The summed E-state index contributed by atoms with van der Waals surface area (Å²) < 4.78 is 5.39. The Morgan fingerprint density at radius 2 is 1.75 bits per heavy atom. The highest BCUT2D eigenvalue weighted by molar-refractivity contribution is 6.58. The lowest BCUT2D eigenvalue weighted by Crippen LogP contribution is -2.32. The summed E-state index contributed by atoms with van der Waals surface area (Å²) in [4.78, 5) is 2.44. The van der Waals surface area contributed by atoms with Crippen molar-refractivity contribution < 1.29 is 14.8 Å². The molecular weight excluding hydrogens is 253 g/mol. The molecule has 1 heterocycles. The van der Waals surface area contributed by atoms with Crippen LogP contribution in [0.5, 0.6) is 5.75 Å². The topological polar surface area (TPSA) is 52.9 Å². The normalized spacial score (nSPS) is 17.4. The maximum atomic E-state index is 9.30. The van der Waals surface area contributed by atoms with Crippen LogP contribution in [0.25, 0.3) is 0 Å². The molecule has 0 unspecified atom stereocenters. The van der Waals surface area contributed by atoms with Gasteiger partial charge in [-0.1, -0.05) is 31.4 Å². The van der Waals surface area contributed by atoms with E-state index in [4.69, 9.17) is 4.74 Å². The van der Waals surface area contributed by atoms with Gasteiger partial charge in [0.15, 0.2) is 0 Å². The molecule has 4 nitrogen and oxygen atoms in total. The molecular formula is C15H24BNO3. The van der Waals surface area contributed by atoms with E-state index in [0.29, 0.717) is 5.46 Å². The number of nitrogens with zero attached hydrogens (tertiary/aromatic N) is 1. The highest BCUT2D eigenvalue weighted by Gasteiger charge is 2.16. The summed E-state index contributed by atoms with van der Waals surface area (Å²) in [6.45, 7) is 3.02. The highest BCUT2D eigenvalue weighted by atomic mass is 16.5. The van der Waals surface area contributed by atoms with Crippen LogP contribution < -0.4 is 10.2 Å². The highest BCUT2D eigenvalue weighted by Crippen LogP contribution is 2.20. The SMILES string of the molecule is COc1ccc(B(O)O)cc1CN1CCCCCCC1. The fourth-order valence-electron chi connectivity index (χ4n) is 2.79. The van der Waals surface area contributed by atoms with Gasteiger partial charge in [-0.3, -0.25) is 4.90 Å². The Bertz CT molecular complexity index is 418. The molecule has 1 aromatic rings. The van der Waals surface area contributed by atoms with Crippen LogP contribution in [-0.2, 0) is 6.54 Å². The molecule has 2 rings (SSSR count). The van der Waals surface area contributed by atoms with Crippen LogP contribution in [0.3, 0.4) is 0 Å². The lowest BCUT2D eigenvalue weighted by molar-refractivity contribution is 0.236. The third kappa shape index (κ3) is 4.23. The third-order valence-corrected chi connectivity index (χ3v) is 3.95. The average Bonchev–Trinajstić information content (AvgIpc) is 2.41. The minimum Gasteiger partial charge on any atom is -0.496 e. The molecule has 1 saturated heterocycles. The summed E-state index contributed by atoms with van der Waals surface area (Å²) in [6, 6.07) is 5.34. The van der Waals surface area contributed by atoms with Crippen LogP contribution in [0.1, 0.15) is 37.7 Å². The van der Waals surface area contributed by atoms with Crippen LogP contribution in [-0.4, -0.2) is 42.3 Å². The second-order valence-corrected chi connectivity index (χ2v) is 5.49. The fraction of sp³-hybridized carbons (Fsp3) is 0.600. The second kappa shape index (κ2) is 7.67. The summed E-state index contributed by atoms with van der Waals surface area (Å²) in [6.07, 6.45) is 6.45. The number of hydrogen-bond donors (Lipinski definition) is 2. The second-order valence-electron chi connectivity index (χ2n) is 5.49. The van der Waals surface area contributed by atoms with Crippen molar-refractivity contribution in [3.8, 4) is 5.75 Å². The predicted octanol–water partition coefficient (Wildman–Crippen LogP) is 1.14. The molecule has 2 N–H and O–H groups in total. The molecule has 110 valence electrons. The molecule has 0 atom stereocenters. The summed E-state index contributed by atoms with van der Waals surface area (Å²) in [5, 5.41) is 18.6. The number of methoxy groups -OCH3 is 1. The zero-order valence-electron chi connectivity index (χ0n) is 12.2. The van der Waals surface area contributed by atoms with E-state index in [0.717, 1.165) is 30.9 Å². The van der Waals surface area contributed by atoms with Gasteiger partial charge in [-0.05, 0) is 37.5 Å². The van der Waals surface area contributed by atoms with Gasteiger partial charge in [0.05, 0.1) is 7.11 Å². The molecule has 0 aromatic heterocycles. The number of rotatable bonds is 4. The van der Waals surface area contributed by atoms with Crippen molar-refractivity contribution in [1.82, 2.24) is 4.90 Å². The monoisotopic (exact) mass is 277 g/mol. The Labute approximate surface area is 121 Å². The van der Waals surface area contributed by atoms with Gasteiger partial charge in [0, 0.05) is 12.1 Å². The van der Waals surface area contributed by atoms with Crippen molar-refractivity contribution in [2.75, 3.05) is 20.2 Å². The number of likely N-dealkylation sites (tertiary alicyclic amines) is 1. The molecule has 5 heteroatoms. The average molecular weight is 277 g/mol. The molecule has 0 bridgehead atoms. The van der Waals surface area contributed by atoms with Crippen molar-refractivity contribution in [2.45, 2.75) is 38.6 Å². The molecule has 0 amide bonds. The molecule has 0 aliphatic carbocycles. The van der Waals surface area contributed by atoms with Crippen molar-refractivity contribution in [3.05, 3.63) is 23.8 Å². The van der Waals surface area contributed by atoms with E-state index >= 15 is 0 Å². The minimum atomic E-state index is -1.42. The van der Waals surface area contributed by atoms with Gasteiger partial charge >= 0.3 is 7.12 Å². The lowest BCUT2D eigenvalue weighted by Gasteiger charge is -2.25.